The average molecular weight is 586 g/mol. The molecule has 4 aromatic carbocycles. The zero-order chi connectivity index (χ0) is 30.5. The molecule has 1 aliphatic rings. The Bertz CT molecular complexity index is 1870. The normalized spacial score (nSPS) is 12.9. The molecule has 6 rings (SSSR count). The van der Waals surface area contributed by atoms with E-state index in [2.05, 4.69) is 40.0 Å². The van der Waals surface area contributed by atoms with Gasteiger partial charge in [-0.25, -0.2) is 4.79 Å². The SMILES string of the molecule is C=CCOc1cc2ncc(C#N)c(N3CCN(C(=O)Nc4ccc(Oc5cccc6ccccc56)cc4)CC3)c2cc1OC. The second kappa shape index (κ2) is 12.6. The number of piperazine rings is 1. The molecular formula is C35H31N5O4. The zero-order valence-electron chi connectivity index (χ0n) is 24.3. The molecule has 0 unspecified atom stereocenters. The summed E-state index contributed by atoms with van der Waals surface area (Å²) >= 11 is 0. The predicted octanol–water partition coefficient (Wildman–Crippen LogP) is 6.98. The summed E-state index contributed by atoms with van der Waals surface area (Å²) < 4.78 is 17.4. The van der Waals surface area contributed by atoms with Gasteiger partial charge in [0, 0.05) is 54.9 Å². The van der Waals surface area contributed by atoms with E-state index in [1.165, 1.54) is 0 Å². The van der Waals surface area contributed by atoms with Crippen LogP contribution >= 0.6 is 0 Å². The number of carbonyl (C=O) groups is 1. The lowest BCUT2D eigenvalue weighted by molar-refractivity contribution is 0.208. The molecule has 0 aliphatic carbocycles. The Morgan fingerprint density at radius 2 is 1.75 bits per heavy atom. The van der Waals surface area contributed by atoms with Crippen LogP contribution in [0, 0.1) is 11.3 Å². The summed E-state index contributed by atoms with van der Waals surface area (Å²) in [4.78, 5) is 21.5. The molecule has 44 heavy (non-hydrogen) atoms. The minimum atomic E-state index is -0.182. The molecule has 0 spiro atoms. The molecule has 9 heteroatoms. The molecule has 9 nitrogen and oxygen atoms in total. The largest absolute Gasteiger partial charge is 0.493 e. The first-order valence-electron chi connectivity index (χ1n) is 14.3. The maximum atomic E-state index is 13.1. The number of nitrogens with one attached hydrogen (secondary N) is 1. The molecule has 1 aliphatic heterocycles. The third-order valence-electron chi connectivity index (χ3n) is 7.57. The van der Waals surface area contributed by atoms with Crippen molar-refractivity contribution in [1.82, 2.24) is 9.88 Å². The van der Waals surface area contributed by atoms with E-state index >= 15 is 0 Å². The highest BCUT2D eigenvalue weighted by atomic mass is 16.5. The number of methoxy groups -OCH3 is 1. The number of benzene rings is 4. The molecule has 1 N–H and O–H groups in total. The van der Waals surface area contributed by atoms with Crippen molar-refractivity contribution in [2.75, 3.05) is 50.1 Å². The van der Waals surface area contributed by atoms with Crippen LogP contribution in [0.3, 0.4) is 0 Å². The second-order valence-electron chi connectivity index (χ2n) is 10.3. The quantitative estimate of drug-likeness (QED) is 0.196. The van der Waals surface area contributed by atoms with Crippen LogP contribution in [-0.4, -0.2) is 55.8 Å². The third-order valence-corrected chi connectivity index (χ3v) is 7.57. The Balaban J connectivity index is 1.12. The number of amides is 2. The molecule has 2 heterocycles. The van der Waals surface area contributed by atoms with Crippen molar-refractivity contribution in [3.63, 3.8) is 0 Å². The number of fused-ring (bicyclic) bond motifs is 2. The van der Waals surface area contributed by atoms with Gasteiger partial charge in [-0.3, -0.25) is 4.98 Å². The standard InChI is InChI=1S/C35H31N5O4/c1-3-19-43-33-21-30-29(20-32(33)42-2)34(25(22-36)23-37-30)39-15-17-40(18-16-39)35(41)38-26-11-13-27(14-12-26)44-31-10-6-8-24-7-4-5-9-28(24)31/h3-14,20-21,23H,1,15-19H2,2H3,(H,38,41). The number of rotatable bonds is 8. The lowest BCUT2D eigenvalue weighted by Gasteiger charge is -2.36. The Morgan fingerprint density at radius 3 is 2.50 bits per heavy atom. The number of hydrogen-bond donors (Lipinski definition) is 1. The van der Waals surface area contributed by atoms with Gasteiger partial charge < -0.3 is 29.3 Å². The van der Waals surface area contributed by atoms with Gasteiger partial charge in [0.1, 0.15) is 24.2 Å². The van der Waals surface area contributed by atoms with Gasteiger partial charge in [-0.05, 0) is 41.8 Å². The summed E-state index contributed by atoms with van der Waals surface area (Å²) in [6.45, 7) is 6.11. The first kappa shape index (κ1) is 28.4. The smallest absolute Gasteiger partial charge is 0.321 e. The van der Waals surface area contributed by atoms with Crippen LogP contribution in [0.2, 0.25) is 0 Å². The highest BCUT2D eigenvalue weighted by Crippen LogP contribution is 2.38. The van der Waals surface area contributed by atoms with Crippen molar-refractivity contribution in [3.8, 4) is 29.1 Å². The van der Waals surface area contributed by atoms with Crippen molar-refractivity contribution in [2.24, 2.45) is 0 Å². The lowest BCUT2D eigenvalue weighted by Crippen LogP contribution is -2.50. The Hall–Kier alpha value is -5.75. The van der Waals surface area contributed by atoms with Crippen LogP contribution in [0.15, 0.2) is 97.7 Å². The number of urea groups is 1. The maximum absolute atomic E-state index is 13.1. The van der Waals surface area contributed by atoms with Crippen molar-refractivity contribution < 1.29 is 19.0 Å². The van der Waals surface area contributed by atoms with Crippen molar-refractivity contribution >= 4 is 39.1 Å². The Kier molecular flexibility index (Phi) is 8.15. The van der Waals surface area contributed by atoms with Gasteiger partial charge in [0.15, 0.2) is 11.5 Å². The third kappa shape index (κ3) is 5.78. The van der Waals surface area contributed by atoms with Gasteiger partial charge in [0.05, 0.1) is 23.9 Å². The fraction of sp³-hybridized carbons (Fsp3) is 0.171. The molecule has 5 aromatic rings. The summed E-state index contributed by atoms with van der Waals surface area (Å²) in [6.07, 6.45) is 3.24. The Labute approximate surface area is 255 Å². The van der Waals surface area contributed by atoms with Gasteiger partial charge in [-0.2, -0.15) is 5.26 Å². The van der Waals surface area contributed by atoms with Crippen molar-refractivity contribution in [3.05, 3.63) is 103 Å². The molecule has 1 fully saturated rings. The number of ether oxygens (including phenoxy) is 3. The topological polar surface area (TPSA) is 100.0 Å². The van der Waals surface area contributed by atoms with Crippen LogP contribution in [0.4, 0.5) is 16.2 Å². The van der Waals surface area contributed by atoms with Crippen molar-refractivity contribution in [1.29, 1.82) is 5.26 Å². The van der Waals surface area contributed by atoms with E-state index in [4.69, 9.17) is 14.2 Å². The van der Waals surface area contributed by atoms with Gasteiger partial charge in [-0.1, -0.05) is 49.1 Å². The van der Waals surface area contributed by atoms with Gasteiger partial charge >= 0.3 is 6.03 Å². The summed E-state index contributed by atoms with van der Waals surface area (Å²) in [5, 5.41) is 15.8. The highest BCUT2D eigenvalue weighted by molar-refractivity contribution is 5.97. The minimum Gasteiger partial charge on any atom is -0.493 e. The maximum Gasteiger partial charge on any atom is 0.321 e. The lowest BCUT2D eigenvalue weighted by atomic mass is 10.1. The van der Waals surface area contributed by atoms with E-state index in [0.29, 0.717) is 66.8 Å². The van der Waals surface area contributed by atoms with Gasteiger partial charge in [0.2, 0.25) is 0 Å². The summed E-state index contributed by atoms with van der Waals surface area (Å²) in [5.41, 5.74) is 2.60. The number of hydrogen-bond acceptors (Lipinski definition) is 7. The first-order chi connectivity index (χ1) is 21.6. The summed E-state index contributed by atoms with van der Waals surface area (Å²) in [7, 11) is 1.58. The highest BCUT2D eigenvalue weighted by Gasteiger charge is 2.25. The second-order valence-corrected chi connectivity index (χ2v) is 10.3. The summed E-state index contributed by atoms with van der Waals surface area (Å²) in [5.74, 6) is 2.56. The van der Waals surface area contributed by atoms with E-state index < -0.39 is 0 Å². The van der Waals surface area contributed by atoms with Crippen LogP contribution in [-0.2, 0) is 0 Å². The molecule has 0 atom stereocenters. The molecule has 0 bridgehead atoms. The molecule has 1 saturated heterocycles. The minimum absolute atomic E-state index is 0.182. The van der Waals surface area contributed by atoms with Crippen LogP contribution < -0.4 is 24.4 Å². The monoisotopic (exact) mass is 585 g/mol. The number of nitriles is 1. The first-order valence-corrected chi connectivity index (χ1v) is 14.3. The number of pyridine rings is 1. The zero-order valence-corrected chi connectivity index (χ0v) is 24.3. The van der Waals surface area contributed by atoms with Gasteiger partial charge in [0.25, 0.3) is 0 Å². The molecule has 0 saturated carbocycles. The Morgan fingerprint density at radius 1 is 0.977 bits per heavy atom. The van der Waals surface area contributed by atoms with E-state index in [0.717, 1.165) is 27.6 Å². The van der Waals surface area contributed by atoms with E-state index in [1.807, 2.05) is 66.7 Å². The average Bonchev–Trinajstić information content (AvgIpc) is 3.07. The fourth-order valence-corrected chi connectivity index (χ4v) is 5.38. The number of anilines is 2. The molecule has 1 aromatic heterocycles. The molecule has 0 radical (unpaired) electrons. The fourth-order valence-electron chi connectivity index (χ4n) is 5.38. The van der Waals surface area contributed by atoms with E-state index in [1.54, 1.807) is 24.3 Å². The number of carbonyl (C=O) groups excluding carboxylic acids is 1. The van der Waals surface area contributed by atoms with Crippen LogP contribution in [0.5, 0.6) is 23.0 Å². The number of aromatic nitrogens is 1. The molecule has 2 amide bonds. The van der Waals surface area contributed by atoms with E-state index in [-0.39, 0.29) is 6.03 Å². The number of nitrogens with zero attached hydrogens (tertiary/aromatic N) is 4. The van der Waals surface area contributed by atoms with E-state index in [9.17, 15) is 10.1 Å². The van der Waals surface area contributed by atoms with Gasteiger partial charge in [-0.15, -0.1) is 0 Å². The molecule has 220 valence electrons. The van der Waals surface area contributed by atoms with Crippen molar-refractivity contribution in [2.45, 2.75) is 0 Å². The predicted molar refractivity (Wildman–Crippen MR) is 172 cm³/mol. The molecular weight excluding hydrogens is 554 g/mol. The summed E-state index contributed by atoms with van der Waals surface area (Å²) in [6, 6.07) is 27.1. The van der Waals surface area contributed by atoms with Crippen LogP contribution in [0.1, 0.15) is 5.56 Å². The van der Waals surface area contributed by atoms with Crippen LogP contribution in [0.25, 0.3) is 21.7 Å².